The first kappa shape index (κ1) is 15.6. The Bertz CT molecular complexity index is 496. The summed E-state index contributed by atoms with van der Waals surface area (Å²) in [6, 6.07) is 4.88. The molecule has 2 atom stereocenters. The summed E-state index contributed by atoms with van der Waals surface area (Å²) < 4.78 is 4.95. The number of carbonyl (C=O) groups excluding carboxylic acids is 1. The molecule has 0 radical (unpaired) electrons. The van der Waals surface area contributed by atoms with Crippen molar-refractivity contribution in [3.05, 3.63) is 33.8 Å². The van der Waals surface area contributed by atoms with Crippen molar-refractivity contribution >= 4 is 29.1 Å². The zero-order valence-electron chi connectivity index (χ0n) is 11.3. The zero-order chi connectivity index (χ0) is 14.7. The maximum Gasteiger partial charge on any atom is 0.242 e. The van der Waals surface area contributed by atoms with Crippen molar-refractivity contribution in [2.24, 2.45) is 5.73 Å². The number of nitrogens with two attached hydrogens (primary N) is 1. The van der Waals surface area contributed by atoms with Gasteiger partial charge in [-0.1, -0.05) is 29.3 Å². The van der Waals surface area contributed by atoms with Gasteiger partial charge in [-0.2, -0.15) is 0 Å². The Hall–Kier alpha value is -0.810. The van der Waals surface area contributed by atoms with E-state index in [1.54, 1.807) is 6.07 Å². The summed E-state index contributed by atoms with van der Waals surface area (Å²) >= 11 is 12.0. The minimum atomic E-state index is -0.622. The van der Waals surface area contributed by atoms with Crippen LogP contribution in [0.1, 0.15) is 24.4 Å². The second-order valence-corrected chi connectivity index (χ2v) is 5.74. The first-order chi connectivity index (χ1) is 9.54. The maximum atomic E-state index is 12.3. The van der Waals surface area contributed by atoms with Gasteiger partial charge in [0.1, 0.15) is 6.04 Å². The molecule has 0 aromatic heterocycles. The molecule has 1 saturated heterocycles. The molecule has 2 N–H and O–H groups in total. The molecule has 1 amide bonds. The molecule has 6 heteroatoms. The molecule has 1 heterocycles. The fourth-order valence-corrected chi connectivity index (χ4v) is 2.87. The van der Waals surface area contributed by atoms with Crippen LogP contribution in [-0.2, 0) is 9.53 Å². The van der Waals surface area contributed by atoms with Crippen LogP contribution in [0.2, 0.25) is 10.0 Å². The Morgan fingerprint density at radius 1 is 1.50 bits per heavy atom. The number of halogens is 2. The lowest BCUT2D eigenvalue weighted by Crippen LogP contribution is -2.45. The summed E-state index contributed by atoms with van der Waals surface area (Å²) in [4.78, 5) is 14.1. The van der Waals surface area contributed by atoms with E-state index in [-0.39, 0.29) is 18.6 Å². The molecule has 2 unspecified atom stereocenters. The maximum absolute atomic E-state index is 12.3. The van der Waals surface area contributed by atoms with E-state index in [2.05, 4.69) is 0 Å². The molecule has 4 nitrogen and oxygen atoms in total. The lowest BCUT2D eigenvalue weighted by atomic mass is 10.0. The summed E-state index contributed by atoms with van der Waals surface area (Å²) in [5.74, 6) is -0.0829. The van der Waals surface area contributed by atoms with Crippen LogP contribution in [-0.4, -0.2) is 37.1 Å². The van der Waals surface area contributed by atoms with Crippen molar-refractivity contribution in [1.29, 1.82) is 0 Å². The summed E-state index contributed by atoms with van der Waals surface area (Å²) in [6.45, 7) is 0.935. The number of carbonyl (C=O) groups is 1. The topological polar surface area (TPSA) is 55.6 Å². The second-order valence-electron chi connectivity index (χ2n) is 4.93. The van der Waals surface area contributed by atoms with Crippen molar-refractivity contribution in [2.75, 3.05) is 20.3 Å². The lowest BCUT2D eigenvalue weighted by Gasteiger charge is -2.27. The van der Waals surface area contributed by atoms with Gasteiger partial charge in [-0.05, 0) is 30.5 Å². The van der Waals surface area contributed by atoms with Gasteiger partial charge in [0.2, 0.25) is 5.91 Å². The highest BCUT2D eigenvalue weighted by molar-refractivity contribution is 6.42. The van der Waals surface area contributed by atoms with Crippen LogP contribution < -0.4 is 5.73 Å². The van der Waals surface area contributed by atoms with Gasteiger partial charge in [-0.3, -0.25) is 4.79 Å². The van der Waals surface area contributed by atoms with Gasteiger partial charge in [-0.15, -0.1) is 0 Å². The molecule has 0 bridgehead atoms. The van der Waals surface area contributed by atoms with Crippen LogP contribution in [0.5, 0.6) is 0 Å². The third-order valence-electron chi connectivity index (χ3n) is 3.53. The zero-order valence-corrected chi connectivity index (χ0v) is 12.8. The first-order valence-corrected chi connectivity index (χ1v) is 7.30. The molecule has 0 spiro atoms. The predicted molar refractivity (Wildman–Crippen MR) is 80.0 cm³/mol. The normalized spacial score (nSPS) is 20.2. The number of amides is 1. The number of nitrogens with zero attached hydrogens (tertiary/aromatic N) is 1. The molecule has 20 heavy (non-hydrogen) atoms. The van der Waals surface area contributed by atoms with Gasteiger partial charge < -0.3 is 15.4 Å². The Labute approximate surface area is 128 Å². The van der Waals surface area contributed by atoms with E-state index in [0.717, 1.165) is 18.4 Å². The fraction of sp³-hybridized carbons (Fsp3) is 0.500. The SMILES string of the molecule is COCC(N)C(=O)N1CCCC1c1ccc(Cl)c(Cl)c1. The van der Waals surface area contributed by atoms with Gasteiger partial charge in [-0.25, -0.2) is 0 Å². The second kappa shape index (κ2) is 6.76. The average molecular weight is 317 g/mol. The molecule has 1 fully saturated rings. The van der Waals surface area contributed by atoms with E-state index >= 15 is 0 Å². The highest BCUT2D eigenvalue weighted by atomic mass is 35.5. The number of rotatable bonds is 4. The molecular weight excluding hydrogens is 299 g/mol. The van der Waals surface area contributed by atoms with Crippen molar-refractivity contribution in [1.82, 2.24) is 4.90 Å². The fourth-order valence-electron chi connectivity index (χ4n) is 2.56. The molecule has 110 valence electrons. The van der Waals surface area contributed by atoms with E-state index in [4.69, 9.17) is 33.7 Å². The summed E-state index contributed by atoms with van der Waals surface area (Å²) in [5, 5.41) is 1.02. The summed E-state index contributed by atoms with van der Waals surface area (Å²) in [7, 11) is 1.54. The smallest absolute Gasteiger partial charge is 0.242 e. The highest BCUT2D eigenvalue weighted by Gasteiger charge is 2.32. The van der Waals surface area contributed by atoms with E-state index in [1.165, 1.54) is 7.11 Å². The molecule has 0 saturated carbocycles. The number of hydrogen-bond acceptors (Lipinski definition) is 3. The third-order valence-corrected chi connectivity index (χ3v) is 4.27. The number of benzene rings is 1. The van der Waals surface area contributed by atoms with Crippen LogP contribution in [0.4, 0.5) is 0 Å². The van der Waals surface area contributed by atoms with Gasteiger partial charge >= 0.3 is 0 Å². The van der Waals surface area contributed by atoms with Gasteiger partial charge in [0.05, 0.1) is 22.7 Å². The summed E-state index contributed by atoms with van der Waals surface area (Å²) in [6.07, 6.45) is 1.86. The molecular formula is C14H18Cl2N2O2. The van der Waals surface area contributed by atoms with Crippen molar-refractivity contribution < 1.29 is 9.53 Å². The minimum absolute atomic E-state index is 0.0140. The number of hydrogen-bond donors (Lipinski definition) is 1. The van der Waals surface area contributed by atoms with Gasteiger partial charge in [0, 0.05) is 13.7 Å². The Balaban J connectivity index is 2.18. The van der Waals surface area contributed by atoms with Crippen LogP contribution in [0.25, 0.3) is 0 Å². The number of likely N-dealkylation sites (tertiary alicyclic amines) is 1. The van der Waals surface area contributed by atoms with Crippen LogP contribution in [0.3, 0.4) is 0 Å². The molecule has 1 aromatic rings. The van der Waals surface area contributed by atoms with E-state index < -0.39 is 6.04 Å². The van der Waals surface area contributed by atoms with E-state index in [9.17, 15) is 4.79 Å². The molecule has 2 rings (SSSR count). The first-order valence-electron chi connectivity index (χ1n) is 6.54. The van der Waals surface area contributed by atoms with E-state index in [1.807, 2.05) is 17.0 Å². The van der Waals surface area contributed by atoms with Crippen molar-refractivity contribution in [2.45, 2.75) is 24.9 Å². The van der Waals surface area contributed by atoms with Crippen molar-refractivity contribution in [3.63, 3.8) is 0 Å². The monoisotopic (exact) mass is 316 g/mol. The molecule has 1 aliphatic heterocycles. The van der Waals surface area contributed by atoms with Crippen LogP contribution >= 0.6 is 23.2 Å². The molecule has 1 aliphatic rings. The quantitative estimate of drug-likeness (QED) is 0.929. The Morgan fingerprint density at radius 3 is 2.90 bits per heavy atom. The number of ether oxygens (including phenoxy) is 1. The number of methoxy groups -OCH3 is 1. The van der Waals surface area contributed by atoms with Gasteiger partial charge in [0.15, 0.2) is 0 Å². The predicted octanol–water partition coefficient (Wildman–Crippen LogP) is 2.63. The molecule has 0 aliphatic carbocycles. The van der Waals surface area contributed by atoms with Crippen molar-refractivity contribution in [3.8, 4) is 0 Å². The largest absolute Gasteiger partial charge is 0.383 e. The third kappa shape index (κ3) is 3.26. The summed E-state index contributed by atoms with van der Waals surface area (Å²) in [5.41, 5.74) is 6.83. The lowest BCUT2D eigenvalue weighted by molar-refractivity contribution is -0.134. The standard InChI is InChI=1S/C14H18Cl2N2O2/c1-20-8-12(17)14(19)18-6-2-3-13(18)9-4-5-10(15)11(16)7-9/h4-5,7,12-13H,2-3,6,8,17H2,1H3. The van der Waals surface area contributed by atoms with Crippen LogP contribution in [0, 0.1) is 0 Å². The van der Waals surface area contributed by atoms with E-state index in [0.29, 0.717) is 16.6 Å². The Morgan fingerprint density at radius 2 is 2.25 bits per heavy atom. The minimum Gasteiger partial charge on any atom is -0.383 e. The molecule has 1 aromatic carbocycles. The highest BCUT2D eigenvalue weighted by Crippen LogP contribution is 2.35. The van der Waals surface area contributed by atoms with Crippen LogP contribution in [0.15, 0.2) is 18.2 Å². The van der Waals surface area contributed by atoms with Gasteiger partial charge in [0.25, 0.3) is 0 Å². The average Bonchev–Trinajstić information content (AvgIpc) is 2.90. The Kier molecular flexibility index (Phi) is 5.27.